The number of benzene rings is 2. The topological polar surface area (TPSA) is 61.9 Å². The Hall–Kier alpha value is -3.16. The van der Waals surface area contributed by atoms with Crippen molar-refractivity contribution < 1.29 is 14.3 Å². The van der Waals surface area contributed by atoms with Crippen LogP contribution in [-0.4, -0.2) is 44.2 Å². The molecule has 0 bridgehead atoms. The molecule has 1 N–H and O–H groups in total. The van der Waals surface area contributed by atoms with E-state index in [9.17, 15) is 9.59 Å². The Labute approximate surface area is 229 Å². The minimum atomic E-state index is -0.759. The van der Waals surface area contributed by atoms with E-state index in [4.69, 9.17) is 4.74 Å². The minimum absolute atomic E-state index is 0.0846. The highest BCUT2D eigenvalue weighted by molar-refractivity contribution is 7.10. The van der Waals surface area contributed by atoms with Crippen LogP contribution in [0.1, 0.15) is 54.1 Å². The van der Waals surface area contributed by atoms with Crippen LogP contribution in [0.5, 0.6) is 0 Å². The lowest BCUT2D eigenvalue weighted by atomic mass is 9.93. The number of carbonyl (C=O) groups excluding carboxylic acids is 2. The number of nitrogens with one attached hydrogen (secondary N) is 1. The summed E-state index contributed by atoms with van der Waals surface area (Å²) in [5, 5.41) is 5.32. The fourth-order valence-corrected chi connectivity index (χ4v) is 6.26. The molecule has 1 saturated heterocycles. The molecule has 7 heteroatoms. The summed E-state index contributed by atoms with van der Waals surface area (Å²) in [5.74, 6) is -0.193. The van der Waals surface area contributed by atoms with Crippen LogP contribution < -0.4 is 15.1 Å². The molecule has 2 amide bonds. The summed E-state index contributed by atoms with van der Waals surface area (Å²) in [6.07, 6.45) is 5.70. The Balaban J connectivity index is 1.56. The largest absolute Gasteiger partial charge is 0.378 e. The van der Waals surface area contributed by atoms with Gasteiger partial charge in [0.2, 0.25) is 11.8 Å². The molecule has 1 aromatic heterocycles. The summed E-state index contributed by atoms with van der Waals surface area (Å²) in [6.45, 7) is 4.98. The van der Waals surface area contributed by atoms with Gasteiger partial charge in [0, 0.05) is 35.4 Å². The zero-order valence-electron chi connectivity index (χ0n) is 22.1. The van der Waals surface area contributed by atoms with Crippen LogP contribution in [0.4, 0.5) is 11.4 Å². The van der Waals surface area contributed by atoms with E-state index in [1.54, 1.807) is 16.2 Å². The number of aryl methyl sites for hydroxylation is 1. The van der Waals surface area contributed by atoms with Gasteiger partial charge in [-0.2, -0.15) is 0 Å². The molecular formula is C31H37N3O3S. The number of anilines is 2. The van der Waals surface area contributed by atoms with Crippen LogP contribution in [0.15, 0.2) is 66.0 Å². The van der Waals surface area contributed by atoms with E-state index < -0.39 is 6.04 Å². The SMILES string of the molecule is Cc1ccccc1C(C(=O)NC1CCCCC1)N(C(=O)Cc1cccs1)c1cccc(N2CCOCC2)c1. The Morgan fingerprint density at radius 1 is 1.03 bits per heavy atom. The van der Waals surface area contributed by atoms with Crippen molar-refractivity contribution in [3.05, 3.63) is 82.0 Å². The summed E-state index contributed by atoms with van der Waals surface area (Å²) in [6, 6.07) is 19.3. The molecule has 200 valence electrons. The Bertz CT molecular complexity index is 1220. The van der Waals surface area contributed by atoms with Crippen molar-refractivity contribution in [3.8, 4) is 0 Å². The minimum Gasteiger partial charge on any atom is -0.378 e. The van der Waals surface area contributed by atoms with Crippen LogP contribution >= 0.6 is 11.3 Å². The summed E-state index contributed by atoms with van der Waals surface area (Å²) < 4.78 is 5.55. The van der Waals surface area contributed by atoms with Gasteiger partial charge in [0.1, 0.15) is 6.04 Å². The van der Waals surface area contributed by atoms with Crippen molar-refractivity contribution in [2.75, 3.05) is 36.1 Å². The second-order valence-electron chi connectivity index (χ2n) is 10.2. The van der Waals surface area contributed by atoms with Crippen molar-refractivity contribution >= 4 is 34.5 Å². The predicted molar refractivity (Wildman–Crippen MR) is 154 cm³/mol. The summed E-state index contributed by atoms with van der Waals surface area (Å²) in [4.78, 5) is 33.3. The number of rotatable bonds is 8. The molecule has 3 aromatic rings. The first-order valence-electron chi connectivity index (χ1n) is 13.7. The first-order valence-corrected chi connectivity index (χ1v) is 14.6. The molecule has 2 aromatic carbocycles. The molecule has 1 unspecified atom stereocenters. The number of ether oxygens (including phenoxy) is 1. The molecular weight excluding hydrogens is 494 g/mol. The third-order valence-corrected chi connectivity index (χ3v) is 8.48. The molecule has 0 radical (unpaired) electrons. The lowest BCUT2D eigenvalue weighted by molar-refractivity contribution is -0.127. The maximum Gasteiger partial charge on any atom is 0.248 e. The van der Waals surface area contributed by atoms with Crippen LogP contribution in [0.2, 0.25) is 0 Å². The standard InChI is InChI=1S/C31H37N3O3S/c1-23-9-5-6-15-28(23)30(31(36)32-24-10-3-2-4-11-24)34(29(35)22-27-14-8-20-38-27)26-13-7-12-25(21-26)33-16-18-37-19-17-33/h5-9,12-15,20-21,24,30H,2-4,10-11,16-19,22H2,1H3,(H,32,36). The molecule has 38 heavy (non-hydrogen) atoms. The van der Waals surface area contributed by atoms with E-state index in [1.807, 2.05) is 60.8 Å². The Kier molecular flexibility index (Phi) is 8.76. The fraction of sp³-hybridized carbons (Fsp3) is 0.419. The lowest BCUT2D eigenvalue weighted by Crippen LogP contribution is -2.48. The highest BCUT2D eigenvalue weighted by Gasteiger charge is 2.35. The number of hydrogen-bond donors (Lipinski definition) is 1. The van der Waals surface area contributed by atoms with Crippen LogP contribution in [0.25, 0.3) is 0 Å². The fourth-order valence-electron chi connectivity index (χ4n) is 5.56. The normalized spacial score (nSPS) is 17.1. The molecule has 6 nitrogen and oxygen atoms in total. The van der Waals surface area contributed by atoms with Gasteiger partial charge in [0.05, 0.1) is 19.6 Å². The van der Waals surface area contributed by atoms with Crippen molar-refractivity contribution in [2.24, 2.45) is 0 Å². The van der Waals surface area contributed by atoms with Gasteiger partial charge in [-0.25, -0.2) is 0 Å². The first kappa shape index (κ1) is 26.4. The quantitative estimate of drug-likeness (QED) is 0.408. The predicted octanol–water partition coefficient (Wildman–Crippen LogP) is 5.66. The van der Waals surface area contributed by atoms with Gasteiger partial charge in [-0.15, -0.1) is 11.3 Å². The molecule has 2 fully saturated rings. The highest BCUT2D eigenvalue weighted by Crippen LogP contribution is 2.34. The van der Waals surface area contributed by atoms with Gasteiger partial charge in [0.25, 0.3) is 0 Å². The summed E-state index contributed by atoms with van der Waals surface area (Å²) in [5.41, 5.74) is 3.63. The maximum absolute atomic E-state index is 14.1. The summed E-state index contributed by atoms with van der Waals surface area (Å²) >= 11 is 1.57. The maximum atomic E-state index is 14.1. The Morgan fingerprint density at radius 2 is 1.82 bits per heavy atom. The van der Waals surface area contributed by atoms with Crippen molar-refractivity contribution in [1.82, 2.24) is 5.32 Å². The average molecular weight is 532 g/mol. The third-order valence-electron chi connectivity index (χ3n) is 7.60. The number of thiophene rings is 1. The van der Waals surface area contributed by atoms with Gasteiger partial charge >= 0.3 is 0 Å². The van der Waals surface area contributed by atoms with Crippen LogP contribution in [-0.2, 0) is 20.7 Å². The zero-order valence-corrected chi connectivity index (χ0v) is 22.9. The van der Waals surface area contributed by atoms with E-state index in [1.165, 1.54) is 6.42 Å². The molecule has 1 atom stereocenters. The monoisotopic (exact) mass is 531 g/mol. The molecule has 2 heterocycles. The number of amides is 2. The van der Waals surface area contributed by atoms with Crippen molar-refractivity contribution in [3.63, 3.8) is 0 Å². The van der Waals surface area contributed by atoms with Crippen LogP contribution in [0.3, 0.4) is 0 Å². The molecule has 0 spiro atoms. The van der Waals surface area contributed by atoms with E-state index in [2.05, 4.69) is 22.3 Å². The van der Waals surface area contributed by atoms with Gasteiger partial charge in [-0.05, 0) is 60.5 Å². The molecule has 1 saturated carbocycles. The van der Waals surface area contributed by atoms with Gasteiger partial charge in [0.15, 0.2) is 0 Å². The number of hydrogen-bond acceptors (Lipinski definition) is 5. The van der Waals surface area contributed by atoms with Crippen molar-refractivity contribution in [1.29, 1.82) is 0 Å². The van der Waals surface area contributed by atoms with E-state index in [0.717, 1.165) is 66.2 Å². The smallest absolute Gasteiger partial charge is 0.248 e. The number of nitrogens with zero attached hydrogens (tertiary/aromatic N) is 2. The zero-order chi connectivity index (χ0) is 26.3. The Morgan fingerprint density at radius 3 is 2.55 bits per heavy atom. The molecule has 5 rings (SSSR count). The van der Waals surface area contributed by atoms with E-state index in [0.29, 0.717) is 13.2 Å². The lowest BCUT2D eigenvalue weighted by Gasteiger charge is -2.35. The second-order valence-corrected chi connectivity index (χ2v) is 11.3. The summed E-state index contributed by atoms with van der Waals surface area (Å²) in [7, 11) is 0. The molecule has 1 aliphatic heterocycles. The van der Waals surface area contributed by atoms with Crippen LogP contribution in [0, 0.1) is 6.92 Å². The number of carbonyl (C=O) groups is 2. The highest BCUT2D eigenvalue weighted by atomic mass is 32.1. The average Bonchev–Trinajstić information content (AvgIpc) is 3.46. The first-order chi connectivity index (χ1) is 18.6. The molecule has 2 aliphatic rings. The second kappa shape index (κ2) is 12.6. The van der Waals surface area contributed by atoms with Gasteiger partial charge in [-0.1, -0.05) is 55.7 Å². The van der Waals surface area contributed by atoms with Crippen molar-refractivity contribution in [2.45, 2.75) is 57.5 Å². The van der Waals surface area contributed by atoms with Gasteiger partial charge < -0.3 is 15.0 Å². The number of morpholine rings is 1. The molecule has 1 aliphatic carbocycles. The third kappa shape index (κ3) is 6.27. The van der Waals surface area contributed by atoms with Gasteiger partial charge in [-0.3, -0.25) is 14.5 Å². The van der Waals surface area contributed by atoms with E-state index >= 15 is 0 Å². The van der Waals surface area contributed by atoms with E-state index in [-0.39, 0.29) is 24.3 Å².